The van der Waals surface area contributed by atoms with E-state index in [1.54, 1.807) is 49.6 Å². The molecule has 0 unspecified atom stereocenters. The summed E-state index contributed by atoms with van der Waals surface area (Å²) in [6.07, 6.45) is 3.90. The molecule has 4 atom stereocenters. The summed E-state index contributed by atoms with van der Waals surface area (Å²) in [7, 11) is 4.59. The minimum absolute atomic E-state index is 0.258. The van der Waals surface area contributed by atoms with Crippen molar-refractivity contribution in [1.29, 1.82) is 0 Å². The number of methoxy groups -OCH3 is 3. The molecule has 2 saturated heterocycles. The van der Waals surface area contributed by atoms with Gasteiger partial charge in [-0.2, -0.15) is 0 Å². The fourth-order valence-electron chi connectivity index (χ4n) is 5.96. The van der Waals surface area contributed by atoms with Gasteiger partial charge in [0.15, 0.2) is 17.3 Å². The topological polar surface area (TPSA) is 85.4 Å². The summed E-state index contributed by atoms with van der Waals surface area (Å²) in [5.74, 6) is -0.989. The second kappa shape index (κ2) is 9.06. The highest BCUT2D eigenvalue weighted by Crippen LogP contribution is 2.50. The summed E-state index contributed by atoms with van der Waals surface area (Å²) >= 11 is 0. The maximum atomic E-state index is 14.2. The van der Waals surface area contributed by atoms with Crippen LogP contribution in [0.3, 0.4) is 0 Å². The van der Waals surface area contributed by atoms with Crippen molar-refractivity contribution >= 4 is 35.0 Å². The molecule has 8 nitrogen and oxygen atoms in total. The van der Waals surface area contributed by atoms with Crippen molar-refractivity contribution in [2.24, 2.45) is 11.8 Å². The van der Waals surface area contributed by atoms with E-state index < -0.39 is 23.9 Å². The van der Waals surface area contributed by atoms with Crippen LogP contribution in [0.1, 0.15) is 15.9 Å². The molecule has 3 aromatic rings. The van der Waals surface area contributed by atoms with E-state index >= 15 is 0 Å². The minimum atomic E-state index is -0.881. The number of carbonyl (C=O) groups is 3. The molecular formula is C30H26N2O6. The lowest BCUT2D eigenvalue weighted by Crippen LogP contribution is -2.48. The molecular weight excluding hydrogens is 484 g/mol. The Balaban J connectivity index is 1.47. The van der Waals surface area contributed by atoms with Gasteiger partial charge in [0.1, 0.15) is 11.8 Å². The zero-order valence-corrected chi connectivity index (χ0v) is 21.2. The van der Waals surface area contributed by atoms with Crippen LogP contribution in [0.5, 0.6) is 17.2 Å². The average molecular weight is 511 g/mol. The molecule has 2 amide bonds. The quantitative estimate of drug-likeness (QED) is 0.366. The predicted molar refractivity (Wildman–Crippen MR) is 142 cm³/mol. The van der Waals surface area contributed by atoms with Crippen molar-refractivity contribution in [2.45, 2.75) is 12.1 Å². The van der Waals surface area contributed by atoms with Crippen LogP contribution in [0.15, 0.2) is 72.8 Å². The average Bonchev–Trinajstić information content (AvgIpc) is 3.44. The van der Waals surface area contributed by atoms with Gasteiger partial charge in [0.25, 0.3) is 0 Å². The van der Waals surface area contributed by atoms with E-state index in [0.717, 1.165) is 11.3 Å². The molecule has 0 radical (unpaired) electrons. The van der Waals surface area contributed by atoms with E-state index in [9.17, 15) is 14.4 Å². The molecule has 38 heavy (non-hydrogen) atoms. The van der Waals surface area contributed by atoms with Crippen LogP contribution >= 0.6 is 0 Å². The molecule has 192 valence electrons. The lowest BCUT2D eigenvalue weighted by atomic mass is 9.86. The molecule has 8 heteroatoms. The monoisotopic (exact) mass is 510 g/mol. The Morgan fingerprint density at radius 2 is 1.50 bits per heavy atom. The molecule has 0 spiro atoms. The van der Waals surface area contributed by atoms with Gasteiger partial charge in [0.05, 0.1) is 44.9 Å². The molecule has 2 fully saturated rings. The summed E-state index contributed by atoms with van der Waals surface area (Å²) in [5.41, 5.74) is 2.59. The summed E-state index contributed by atoms with van der Waals surface area (Å²) in [5, 5.41) is 0. The van der Waals surface area contributed by atoms with E-state index in [2.05, 4.69) is 0 Å². The molecule has 3 heterocycles. The van der Waals surface area contributed by atoms with E-state index in [1.807, 2.05) is 41.3 Å². The first kappa shape index (κ1) is 23.8. The van der Waals surface area contributed by atoms with Crippen LogP contribution in [0, 0.1) is 11.8 Å². The van der Waals surface area contributed by atoms with Crippen LogP contribution in [-0.2, 0) is 9.59 Å². The highest BCUT2D eigenvalue weighted by Gasteiger charge is 2.64. The number of fused-ring (bicyclic) bond motifs is 5. The molecule has 3 aromatic carbocycles. The summed E-state index contributed by atoms with van der Waals surface area (Å²) in [4.78, 5) is 45.3. The standard InChI is InChI=1S/C30H26N2O6/c1-36-20-12-10-19(11-13-20)31-29(34)25-22-14-8-17-6-4-5-7-21(17)32(22)27(26(25)30(31)35)28(33)18-9-15-23(37-2)24(16-18)38-3/h4-16,22,25-27H,1-3H3/t22-,25-,26+,27-/m0/s1. The van der Waals surface area contributed by atoms with Crippen molar-refractivity contribution in [3.63, 3.8) is 0 Å². The van der Waals surface area contributed by atoms with Crippen LogP contribution in [0.2, 0.25) is 0 Å². The molecule has 0 bridgehead atoms. The van der Waals surface area contributed by atoms with Gasteiger partial charge in [0, 0.05) is 11.3 Å². The van der Waals surface area contributed by atoms with Crippen molar-refractivity contribution in [3.05, 3.63) is 83.9 Å². The molecule has 0 saturated carbocycles. The molecule has 6 rings (SSSR count). The smallest absolute Gasteiger partial charge is 0.240 e. The van der Waals surface area contributed by atoms with Gasteiger partial charge in [0.2, 0.25) is 11.8 Å². The number of para-hydroxylation sites is 1. The number of hydrogen-bond donors (Lipinski definition) is 0. The Morgan fingerprint density at radius 1 is 0.789 bits per heavy atom. The van der Waals surface area contributed by atoms with E-state index in [1.165, 1.54) is 19.1 Å². The van der Waals surface area contributed by atoms with Gasteiger partial charge >= 0.3 is 0 Å². The highest BCUT2D eigenvalue weighted by atomic mass is 16.5. The number of rotatable bonds is 6. The van der Waals surface area contributed by atoms with E-state index in [0.29, 0.717) is 28.5 Å². The predicted octanol–water partition coefficient (Wildman–Crippen LogP) is 3.99. The first-order valence-corrected chi connectivity index (χ1v) is 12.3. The lowest BCUT2D eigenvalue weighted by Gasteiger charge is -2.36. The van der Waals surface area contributed by atoms with Gasteiger partial charge in [-0.25, -0.2) is 4.90 Å². The lowest BCUT2D eigenvalue weighted by molar-refractivity contribution is -0.122. The second-order valence-electron chi connectivity index (χ2n) is 9.46. The van der Waals surface area contributed by atoms with Crippen molar-refractivity contribution in [1.82, 2.24) is 0 Å². The minimum Gasteiger partial charge on any atom is -0.497 e. The van der Waals surface area contributed by atoms with Crippen molar-refractivity contribution in [3.8, 4) is 17.2 Å². The fraction of sp³-hybridized carbons (Fsp3) is 0.233. The third-order valence-electron chi connectivity index (χ3n) is 7.68. The van der Waals surface area contributed by atoms with Crippen LogP contribution in [0.4, 0.5) is 11.4 Å². The van der Waals surface area contributed by atoms with Gasteiger partial charge in [-0.05, 0) is 54.1 Å². The zero-order valence-electron chi connectivity index (χ0n) is 21.2. The first-order valence-electron chi connectivity index (χ1n) is 12.3. The Morgan fingerprint density at radius 3 is 2.21 bits per heavy atom. The Labute approximate surface area is 220 Å². The van der Waals surface area contributed by atoms with Crippen LogP contribution in [-0.4, -0.2) is 51.0 Å². The van der Waals surface area contributed by atoms with Gasteiger partial charge in [-0.1, -0.05) is 30.4 Å². The second-order valence-corrected chi connectivity index (χ2v) is 9.46. The molecule has 0 aliphatic carbocycles. The first-order chi connectivity index (χ1) is 18.5. The number of ether oxygens (including phenoxy) is 3. The summed E-state index contributed by atoms with van der Waals surface area (Å²) in [6.45, 7) is 0. The van der Waals surface area contributed by atoms with Crippen LogP contribution < -0.4 is 24.0 Å². The number of nitrogens with zero attached hydrogens (tertiary/aromatic N) is 2. The number of carbonyl (C=O) groups excluding carboxylic acids is 3. The summed E-state index contributed by atoms with van der Waals surface area (Å²) in [6, 6.07) is 18.1. The number of amides is 2. The Bertz CT molecular complexity index is 1480. The number of ketones is 1. The Kier molecular flexibility index (Phi) is 5.67. The van der Waals surface area contributed by atoms with Crippen molar-refractivity contribution in [2.75, 3.05) is 31.1 Å². The molecule has 3 aliphatic rings. The van der Waals surface area contributed by atoms with Crippen LogP contribution in [0.25, 0.3) is 6.08 Å². The number of Topliss-reactive ketones (excluding diaryl/α,β-unsaturated/α-hetero) is 1. The number of benzene rings is 3. The van der Waals surface area contributed by atoms with E-state index in [-0.39, 0.29) is 17.6 Å². The van der Waals surface area contributed by atoms with E-state index in [4.69, 9.17) is 14.2 Å². The number of anilines is 2. The van der Waals surface area contributed by atoms with Gasteiger partial charge < -0.3 is 19.1 Å². The van der Waals surface area contributed by atoms with Gasteiger partial charge in [-0.15, -0.1) is 0 Å². The number of hydrogen-bond acceptors (Lipinski definition) is 7. The fourth-order valence-corrected chi connectivity index (χ4v) is 5.96. The maximum absolute atomic E-state index is 14.2. The SMILES string of the molecule is COc1ccc(N2C(=O)[C@@H]3[C@@H](C2=O)[C@@H]2C=Cc4ccccc4N2[C@@H]3C(=O)c2ccc(OC)c(OC)c2)cc1. The maximum Gasteiger partial charge on any atom is 0.240 e. The molecule has 3 aliphatic heterocycles. The molecule has 0 N–H and O–H groups in total. The number of imide groups is 1. The third kappa shape index (κ3) is 3.40. The van der Waals surface area contributed by atoms with Gasteiger partial charge in [-0.3, -0.25) is 14.4 Å². The largest absolute Gasteiger partial charge is 0.497 e. The zero-order chi connectivity index (χ0) is 26.6. The summed E-state index contributed by atoms with van der Waals surface area (Å²) < 4.78 is 16.0. The third-order valence-corrected chi connectivity index (χ3v) is 7.68. The normalized spacial score (nSPS) is 23.1. The molecule has 0 aromatic heterocycles. The van der Waals surface area contributed by atoms with Crippen molar-refractivity contribution < 1.29 is 28.6 Å². The highest BCUT2D eigenvalue weighted by molar-refractivity contribution is 6.25. The Hall–Kier alpha value is -4.59.